The van der Waals surface area contributed by atoms with Crippen LogP contribution in [0.3, 0.4) is 0 Å². The van der Waals surface area contributed by atoms with Gasteiger partial charge in [0.2, 0.25) is 5.90 Å². The molecule has 0 spiro atoms. The third-order valence-corrected chi connectivity index (χ3v) is 2.22. The molecule has 4 heteroatoms. The van der Waals surface area contributed by atoms with Crippen LogP contribution < -0.4 is 9.47 Å². The SMILES string of the molecule is COc1ccc(C2=NCCO2)cc1OC. The quantitative estimate of drug-likeness (QED) is 0.753. The van der Waals surface area contributed by atoms with Crippen LogP contribution in [0.4, 0.5) is 0 Å². The van der Waals surface area contributed by atoms with Crippen molar-refractivity contribution >= 4 is 5.90 Å². The standard InChI is InChI=1S/C11H13NO3/c1-13-9-4-3-8(7-10(9)14-2)11-12-5-6-15-11/h3-4,7H,5-6H2,1-2H3. The van der Waals surface area contributed by atoms with E-state index in [9.17, 15) is 0 Å². The zero-order valence-corrected chi connectivity index (χ0v) is 8.82. The van der Waals surface area contributed by atoms with Crippen LogP contribution in [-0.2, 0) is 4.74 Å². The fraction of sp³-hybridized carbons (Fsp3) is 0.364. The van der Waals surface area contributed by atoms with E-state index < -0.39 is 0 Å². The monoisotopic (exact) mass is 207 g/mol. The van der Waals surface area contributed by atoms with Crippen LogP contribution in [0, 0.1) is 0 Å². The Bertz CT molecular complexity index is 387. The normalized spacial score (nSPS) is 14.4. The van der Waals surface area contributed by atoms with Gasteiger partial charge in [-0.15, -0.1) is 0 Å². The minimum Gasteiger partial charge on any atom is -0.493 e. The molecule has 0 atom stereocenters. The summed E-state index contributed by atoms with van der Waals surface area (Å²) in [6.45, 7) is 1.38. The highest BCUT2D eigenvalue weighted by Gasteiger charge is 2.13. The molecule has 1 aromatic rings. The van der Waals surface area contributed by atoms with Gasteiger partial charge in [-0.05, 0) is 18.2 Å². The lowest BCUT2D eigenvalue weighted by Gasteiger charge is -2.09. The van der Waals surface area contributed by atoms with Gasteiger partial charge in [-0.2, -0.15) is 0 Å². The molecule has 2 rings (SSSR count). The van der Waals surface area contributed by atoms with Crippen molar-refractivity contribution < 1.29 is 14.2 Å². The Labute approximate surface area is 88.5 Å². The summed E-state index contributed by atoms with van der Waals surface area (Å²) in [4.78, 5) is 4.23. The van der Waals surface area contributed by atoms with E-state index in [2.05, 4.69) is 4.99 Å². The van der Waals surface area contributed by atoms with E-state index in [1.807, 2.05) is 18.2 Å². The molecule has 0 aliphatic carbocycles. The van der Waals surface area contributed by atoms with Crippen LogP contribution in [0.1, 0.15) is 5.56 Å². The van der Waals surface area contributed by atoms with Gasteiger partial charge in [-0.3, -0.25) is 0 Å². The van der Waals surface area contributed by atoms with Gasteiger partial charge in [0, 0.05) is 5.56 Å². The van der Waals surface area contributed by atoms with Crippen molar-refractivity contribution in [2.24, 2.45) is 4.99 Å². The molecule has 1 aliphatic heterocycles. The average Bonchev–Trinajstić information content (AvgIpc) is 2.81. The lowest BCUT2D eigenvalue weighted by molar-refractivity contribution is 0.345. The first-order valence-electron chi connectivity index (χ1n) is 4.75. The molecule has 0 saturated heterocycles. The highest BCUT2D eigenvalue weighted by Crippen LogP contribution is 2.28. The average molecular weight is 207 g/mol. The summed E-state index contributed by atoms with van der Waals surface area (Å²) in [5, 5.41) is 0. The number of aliphatic imine (C=N–C) groups is 1. The molecule has 1 aromatic carbocycles. The number of methoxy groups -OCH3 is 2. The predicted octanol–water partition coefficient (Wildman–Crippen LogP) is 1.48. The van der Waals surface area contributed by atoms with Gasteiger partial charge in [0.25, 0.3) is 0 Å². The van der Waals surface area contributed by atoms with Gasteiger partial charge >= 0.3 is 0 Å². The van der Waals surface area contributed by atoms with Crippen molar-refractivity contribution in [2.45, 2.75) is 0 Å². The molecule has 1 aliphatic rings. The maximum atomic E-state index is 5.37. The summed E-state index contributed by atoms with van der Waals surface area (Å²) >= 11 is 0. The molecule has 4 nitrogen and oxygen atoms in total. The first kappa shape index (κ1) is 9.83. The van der Waals surface area contributed by atoms with E-state index in [0.717, 1.165) is 12.1 Å². The number of benzene rings is 1. The highest BCUT2D eigenvalue weighted by molar-refractivity contribution is 5.95. The molecular weight excluding hydrogens is 194 g/mol. The largest absolute Gasteiger partial charge is 0.493 e. The molecule has 80 valence electrons. The molecule has 0 radical (unpaired) electrons. The Hall–Kier alpha value is -1.71. The highest BCUT2D eigenvalue weighted by atomic mass is 16.5. The van der Waals surface area contributed by atoms with E-state index in [0.29, 0.717) is 24.0 Å². The third-order valence-electron chi connectivity index (χ3n) is 2.22. The van der Waals surface area contributed by atoms with E-state index in [-0.39, 0.29) is 0 Å². The zero-order valence-electron chi connectivity index (χ0n) is 8.82. The van der Waals surface area contributed by atoms with Gasteiger partial charge in [-0.25, -0.2) is 4.99 Å². The van der Waals surface area contributed by atoms with Crippen molar-refractivity contribution in [1.82, 2.24) is 0 Å². The molecule has 15 heavy (non-hydrogen) atoms. The lowest BCUT2D eigenvalue weighted by Crippen LogP contribution is -2.02. The van der Waals surface area contributed by atoms with Crippen LogP contribution in [0.2, 0.25) is 0 Å². The first-order valence-corrected chi connectivity index (χ1v) is 4.75. The summed E-state index contributed by atoms with van der Waals surface area (Å²) in [5.74, 6) is 2.07. The molecule has 0 aromatic heterocycles. The van der Waals surface area contributed by atoms with E-state index in [4.69, 9.17) is 14.2 Å². The Morgan fingerprint density at radius 1 is 1.20 bits per heavy atom. The number of nitrogens with zero attached hydrogens (tertiary/aromatic N) is 1. The second kappa shape index (κ2) is 4.21. The predicted molar refractivity (Wildman–Crippen MR) is 56.9 cm³/mol. The minimum atomic E-state index is 0.656. The van der Waals surface area contributed by atoms with Crippen molar-refractivity contribution in [2.75, 3.05) is 27.4 Å². The second-order valence-corrected chi connectivity index (χ2v) is 3.11. The van der Waals surface area contributed by atoms with Gasteiger partial charge in [0.05, 0.1) is 20.8 Å². The molecular formula is C11H13NO3. The van der Waals surface area contributed by atoms with Gasteiger partial charge in [0.15, 0.2) is 11.5 Å². The lowest BCUT2D eigenvalue weighted by atomic mass is 10.2. The Kier molecular flexibility index (Phi) is 2.76. The molecule has 0 saturated carbocycles. The molecule has 0 N–H and O–H groups in total. The first-order chi connectivity index (χ1) is 7.35. The van der Waals surface area contributed by atoms with E-state index >= 15 is 0 Å². The number of hydrogen-bond donors (Lipinski definition) is 0. The van der Waals surface area contributed by atoms with Crippen LogP contribution in [0.25, 0.3) is 0 Å². The Morgan fingerprint density at radius 3 is 2.60 bits per heavy atom. The van der Waals surface area contributed by atoms with Crippen molar-refractivity contribution in [3.8, 4) is 11.5 Å². The van der Waals surface area contributed by atoms with Crippen LogP contribution in [-0.4, -0.2) is 33.3 Å². The second-order valence-electron chi connectivity index (χ2n) is 3.11. The fourth-order valence-corrected chi connectivity index (χ4v) is 1.48. The smallest absolute Gasteiger partial charge is 0.216 e. The van der Waals surface area contributed by atoms with Gasteiger partial charge in [0.1, 0.15) is 6.61 Å². The Morgan fingerprint density at radius 2 is 2.00 bits per heavy atom. The molecule has 0 amide bonds. The van der Waals surface area contributed by atoms with Gasteiger partial charge in [-0.1, -0.05) is 0 Å². The van der Waals surface area contributed by atoms with Crippen LogP contribution in [0.5, 0.6) is 11.5 Å². The van der Waals surface area contributed by atoms with Crippen molar-refractivity contribution in [1.29, 1.82) is 0 Å². The van der Waals surface area contributed by atoms with Crippen LogP contribution in [0.15, 0.2) is 23.2 Å². The van der Waals surface area contributed by atoms with E-state index in [1.165, 1.54) is 0 Å². The maximum absolute atomic E-state index is 5.37. The summed E-state index contributed by atoms with van der Waals surface area (Å²) in [5.41, 5.74) is 0.921. The minimum absolute atomic E-state index is 0.656. The van der Waals surface area contributed by atoms with Crippen LogP contribution >= 0.6 is 0 Å². The summed E-state index contributed by atoms with van der Waals surface area (Å²) < 4.78 is 15.7. The molecule has 1 heterocycles. The summed E-state index contributed by atoms with van der Waals surface area (Å²) in [6, 6.07) is 5.62. The fourth-order valence-electron chi connectivity index (χ4n) is 1.48. The zero-order chi connectivity index (χ0) is 10.7. The van der Waals surface area contributed by atoms with Crippen molar-refractivity contribution in [3.05, 3.63) is 23.8 Å². The van der Waals surface area contributed by atoms with Crippen molar-refractivity contribution in [3.63, 3.8) is 0 Å². The Balaban J connectivity index is 2.34. The molecule has 0 unspecified atom stereocenters. The molecule has 0 bridgehead atoms. The number of hydrogen-bond acceptors (Lipinski definition) is 4. The number of ether oxygens (including phenoxy) is 3. The summed E-state index contributed by atoms with van der Waals surface area (Å²) in [6.07, 6.45) is 0. The number of rotatable bonds is 3. The molecule has 0 fully saturated rings. The van der Waals surface area contributed by atoms with E-state index in [1.54, 1.807) is 14.2 Å². The maximum Gasteiger partial charge on any atom is 0.216 e. The topological polar surface area (TPSA) is 40.0 Å². The van der Waals surface area contributed by atoms with Gasteiger partial charge < -0.3 is 14.2 Å². The summed E-state index contributed by atoms with van der Waals surface area (Å²) in [7, 11) is 3.22. The third kappa shape index (κ3) is 1.88.